The minimum atomic E-state index is -0.0715. The Morgan fingerprint density at radius 1 is 1.06 bits per heavy atom. The molecule has 1 unspecified atom stereocenters. The van der Waals surface area contributed by atoms with E-state index in [9.17, 15) is 4.79 Å². The SMILES string of the molecule is COc1ccc(-c2nnc(SCC(=O)NC(c3ccc(C(C)(C)C)cc3)C(C)C)o2)cc1. The second-order valence-electron chi connectivity index (χ2n) is 9.05. The minimum Gasteiger partial charge on any atom is -0.497 e. The first-order chi connectivity index (χ1) is 15.2. The number of hydrogen-bond acceptors (Lipinski definition) is 6. The van der Waals surface area contributed by atoms with E-state index in [1.165, 1.54) is 17.3 Å². The van der Waals surface area contributed by atoms with Crippen molar-refractivity contribution in [2.45, 2.75) is 51.3 Å². The average Bonchev–Trinajstić information content (AvgIpc) is 3.24. The fraction of sp³-hybridized carbons (Fsp3) is 0.400. The van der Waals surface area contributed by atoms with E-state index >= 15 is 0 Å². The Balaban J connectivity index is 1.59. The molecule has 0 fully saturated rings. The summed E-state index contributed by atoms with van der Waals surface area (Å²) >= 11 is 1.23. The number of carbonyl (C=O) groups excluding carboxylic acids is 1. The van der Waals surface area contributed by atoms with Crippen LogP contribution in [0, 0.1) is 5.92 Å². The van der Waals surface area contributed by atoms with Crippen LogP contribution in [0.25, 0.3) is 11.5 Å². The molecule has 0 bridgehead atoms. The highest BCUT2D eigenvalue weighted by Gasteiger charge is 2.21. The van der Waals surface area contributed by atoms with E-state index in [4.69, 9.17) is 9.15 Å². The van der Waals surface area contributed by atoms with Crippen molar-refractivity contribution in [1.82, 2.24) is 15.5 Å². The molecule has 6 nitrogen and oxygen atoms in total. The van der Waals surface area contributed by atoms with Gasteiger partial charge < -0.3 is 14.5 Å². The van der Waals surface area contributed by atoms with E-state index in [0.29, 0.717) is 11.1 Å². The Labute approximate surface area is 194 Å². The van der Waals surface area contributed by atoms with E-state index in [0.717, 1.165) is 16.9 Å². The van der Waals surface area contributed by atoms with Crippen LogP contribution in [-0.4, -0.2) is 29.0 Å². The first kappa shape index (κ1) is 23.9. The van der Waals surface area contributed by atoms with Gasteiger partial charge in [0.25, 0.3) is 5.22 Å². The van der Waals surface area contributed by atoms with Gasteiger partial charge in [0.15, 0.2) is 0 Å². The third-order valence-corrected chi connectivity index (χ3v) is 6.01. The number of thioether (sulfide) groups is 1. The molecule has 7 heteroatoms. The fourth-order valence-electron chi connectivity index (χ4n) is 3.29. The number of methoxy groups -OCH3 is 1. The predicted octanol–water partition coefficient (Wildman–Crippen LogP) is 5.65. The molecule has 3 aromatic rings. The van der Waals surface area contributed by atoms with Gasteiger partial charge in [0, 0.05) is 5.56 Å². The lowest BCUT2D eigenvalue weighted by molar-refractivity contribution is -0.119. The normalized spacial score (nSPS) is 12.6. The van der Waals surface area contributed by atoms with Crippen LogP contribution in [0.1, 0.15) is 51.8 Å². The second kappa shape index (κ2) is 10.2. The summed E-state index contributed by atoms with van der Waals surface area (Å²) in [5.41, 5.74) is 3.27. The lowest BCUT2D eigenvalue weighted by atomic mass is 9.85. The van der Waals surface area contributed by atoms with Crippen LogP contribution in [0.5, 0.6) is 5.75 Å². The van der Waals surface area contributed by atoms with E-state index in [1.807, 2.05) is 24.3 Å². The summed E-state index contributed by atoms with van der Waals surface area (Å²) in [6, 6.07) is 15.8. The van der Waals surface area contributed by atoms with E-state index in [2.05, 4.69) is 74.4 Å². The van der Waals surface area contributed by atoms with Gasteiger partial charge in [-0.15, -0.1) is 10.2 Å². The molecule has 1 N–H and O–H groups in total. The highest BCUT2D eigenvalue weighted by molar-refractivity contribution is 7.99. The number of rotatable bonds is 8. The number of nitrogens with zero attached hydrogens (tertiary/aromatic N) is 2. The second-order valence-corrected chi connectivity index (χ2v) is 9.98. The van der Waals surface area contributed by atoms with Crippen molar-refractivity contribution in [2.75, 3.05) is 12.9 Å². The lowest BCUT2D eigenvalue weighted by Crippen LogP contribution is -2.33. The van der Waals surface area contributed by atoms with Crippen molar-refractivity contribution < 1.29 is 13.9 Å². The van der Waals surface area contributed by atoms with Gasteiger partial charge in [0.1, 0.15) is 5.75 Å². The van der Waals surface area contributed by atoms with E-state index < -0.39 is 0 Å². The molecule has 0 aliphatic carbocycles. The maximum atomic E-state index is 12.6. The minimum absolute atomic E-state index is 0.0605. The van der Waals surface area contributed by atoms with Crippen LogP contribution in [0.3, 0.4) is 0 Å². The number of amides is 1. The molecule has 3 rings (SSSR count). The summed E-state index contributed by atoms with van der Waals surface area (Å²) in [4.78, 5) is 12.6. The molecule has 0 saturated carbocycles. The van der Waals surface area contributed by atoms with Gasteiger partial charge >= 0.3 is 0 Å². The quantitative estimate of drug-likeness (QED) is 0.444. The molecule has 1 amide bonds. The van der Waals surface area contributed by atoms with Crippen molar-refractivity contribution >= 4 is 17.7 Å². The number of hydrogen-bond donors (Lipinski definition) is 1. The lowest BCUT2D eigenvalue weighted by Gasteiger charge is -2.25. The van der Waals surface area contributed by atoms with Crippen LogP contribution >= 0.6 is 11.8 Å². The van der Waals surface area contributed by atoms with Crippen LogP contribution < -0.4 is 10.1 Å². The molecule has 0 aliphatic rings. The van der Waals surface area contributed by atoms with Gasteiger partial charge in [0.05, 0.1) is 18.9 Å². The van der Waals surface area contributed by atoms with Gasteiger partial charge in [-0.2, -0.15) is 0 Å². The molecule has 0 radical (unpaired) electrons. The Bertz CT molecular complexity index is 1020. The third kappa shape index (κ3) is 6.13. The fourth-order valence-corrected chi connectivity index (χ4v) is 3.86. The number of aromatic nitrogens is 2. The number of carbonyl (C=O) groups is 1. The van der Waals surface area contributed by atoms with Crippen LogP contribution in [-0.2, 0) is 10.2 Å². The van der Waals surface area contributed by atoms with Gasteiger partial charge in [-0.3, -0.25) is 4.79 Å². The van der Waals surface area contributed by atoms with Crippen LogP contribution in [0.2, 0.25) is 0 Å². The van der Waals surface area contributed by atoms with Crippen molar-refractivity contribution in [3.8, 4) is 17.2 Å². The molecule has 0 spiro atoms. The molecule has 32 heavy (non-hydrogen) atoms. The molecule has 1 heterocycles. The van der Waals surface area contributed by atoms with Gasteiger partial charge in [-0.05, 0) is 46.7 Å². The summed E-state index contributed by atoms with van der Waals surface area (Å²) in [6.45, 7) is 10.8. The number of nitrogens with one attached hydrogen (secondary N) is 1. The molecule has 0 aliphatic heterocycles. The molecule has 0 saturated heterocycles. The first-order valence-corrected chi connectivity index (χ1v) is 11.7. The molecular weight excluding hydrogens is 422 g/mol. The molecular formula is C25H31N3O3S. The van der Waals surface area contributed by atoms with Crippen molar-refractivity contribution in [3.63, 3.8) is 0 Å². The Morgan fingerprint density at radius 2 is 1.72 bits per heavy atom. The standard InChI is InChI=1S/C25H31N3O3S/c1-16(2)22(17-7-11-19(12-8-17)25(3,4)5)26-21(29)15-32-24-28-27-23(31-24)18-9-13-20(30-6)14-10-18/h7-14,16,22H,15H2,1-6H3,(H,26,29). The maximum absolute atomic E-state index is 12.6. The Kier molecular flexibility index (Phi) is 7.61. The third-order valence-electron chi connectivity index (χ3n) is 5.19. The maximum Gasteiger partial charge on any atom is 0.277 e. The van der Waals surface area contributed by atoms with Gasteiger partial charge in [-0.25, -0.2) is 0 Å². The predicted molar refractivity (Wildman–Crippen MR) is 128 cm³/mol. The Morgan fingerprint density at radius 3 is 2.28 bits per heavy atom. The van der Waals surface area contributed by atoms with E-state index in [-0.39, 0.29) is 29.0 Å². The summed E-state index contributed by atoms with van der Waals surface area (Å²) in [6.07, 6.45) is 0. The highest BCUT2D eigenvalue weighted by Crippen LogP contribution is 2.28. The highest BCUT2D eigenvalue weighted by atomic mass is 32.2. The summed E-state index contributed by atoms with van der Waals surface area (Å²) < 4.78 is 10.9. The average molecular weight is 454 g/mol. The van der Waals surface area contributed by atoms with Crippen molar-refractivity contribution in [2.24, 2.45) is 5.92 Å². The topological polar surface area (TPSA) is 77.2 Å². The molecule has 1 atom stereocenters. The molecule has 2 aromatic carbocycles. The smallest absolute Gasteiger partial charge is 0.277 e. The summed E-state index contributed by atoms with van der Waals surface area (Å²) in [7, 11) is 1.62. The molecule has 170 valence electrons. The zero-order chi connectivity index (χ0) is 23.3. The van der Waals surface area contributed by atoms with Crippen molar-refractivity contribution in [3.05, 3.63) is 59.7 Å². The van der Waals surface area contributed by atoms with Gasteiger partial charge in [-0.1, -0.05) is 70.6 Å². The van der Waals surface area contributed by atoms with Crippen molar-refractivity contribution in [1.29, 1.82) is 0 Å². The molecule has 1 aromatic heterocycles. The van der Waals surface area contributed by atoms with E-state index in [1.54, 1.807) is 7.11 Å². The summed E-state index contributed by atoms with van der Waals surface area (Å²) in [5.74, 6) is 1.56. The zero-order valence-electron chi connectivity index (χ0n) is 19.5. The van der Waals surface area contributed by atoms with Gasteiger partial charge in [0.2, 0.25) is 11.8 Å². The number of ether oxygens (including phenoxy) is 1. The Hall–Kier alpha value is -2.80. The summed E-state index contributed by atoms with van der Waals surface area (Å²) in [5, 5.41) is 11.6. The van der Waals surface area contributed by atoms with Crippen LogP contribution in [0.15, 0.2) is 58.2 Å². The van der Waals surface area contributed by atoms with Crippen LogP contribution in [0.4, 0.5) is 0 Å². The largest absolute Gasteiger partial charge is 0.497 e. The zero-order valence-corrected chi connectivity index (χ0v) is 20.3. The monoisotopic (exact) mass is 453 g/mol. The number of benzene rings is 2. The first-order valence-electron chi connectivity index (χ1n) is 10.7.